The van der Waals surface area contributed by atoms with Gasteiger partial charge in [0.25, 0.3) is 0 Å². The molecule has 0 aliphatic heterocycles. The van der Waals surface area contributed by atoms with Gasteiger partial charge in [0.1, 0.15) is 0 Å². The van der Waals surface area contributed by atoms with Crippen molar-refractivity contribution in [1.29, 1.82) is 0 Å². The van der Waals surface area contributed by atoms with Gasteiger partial charge in [-0.1, -0.05) is 13.8 Å². The highest BCUT2D eigenvalue weighted by Crippen LogP contribution is 2.95. The lowest BCUT2D eigenvalue weighted by atomic mass is 10.1. The van der Waals surface area contributed by atoms with Gasteiger partial charge in [0.15, 0.2) is 0 Å². The SMILES string of the molecule is CC1CC1C1CC12CC21CC1C. The lowest BCUT2D eigenvalue weighted by Gasteiger charge is -1.93. The van der Waals surface area contributed by atoms with Crippen LogP contribution in [-0.2, 0) is 0 Å². The third-order valence-electron chi connectivity index (χ3n) is 5.77. The van der Waals surface area contributed by atoms with Crippen molar-refractivity contribution in [1.82, 2.24) is 0 Å². The third kappa shape index (κ3) is 0.482. The van der Waals surface area contributed by atoms with Crippen molar-refractivity contribution in [3.8, 4) is 0 Å². The van der Waals surface area contributed by atoms with E-state index in [9.17, 15) is 0 Å². The van der Waals surface area contributed by atoms with Crippen LogP contribution < -0.4 is 0 Å². The Morgan fingerprint density at radius 2 is 1.75 bits per heavy atom. The summed E-state index contributed by atoms with van der Waals surface area (Å²) in [6.45, 7) is 4.92. The van der Waals surface area contributed by atoms with Gasteiger partial charge in [0.05, 0.1) is 0 Å². The monoisotopic (exact) mass is 162 g/mol. The standard InChI is InChI=1S/C12H18/c1-7-3-9(7)10-5-12(10)6-11(12)4-8(11)2/h7-10H,3-6H2,1-2H3. The molecule has 0 amide bonds. The summed E-state index contributed by atoms with van der Waals surface area (Å²) in [5.74, 6) is 4.59. The van der Waals surface area contributed by atoms with Crippen molar-refractivity contribution in [2.75, 3.05) is 0 Å². The predicted molar refractivity (Wildman–Crippen MR) is 48.6 cm³/mol. The Balaban J connectivity index is 1.55. The summed E-state index contributed by atoms with van der Waals surface area (Å²) in [6, 6.07) is 0. The molecule has 66 valence electrons. The Labute approximate surface area is 74.7 Å². The molecule has 0 heterocycles. The second kappa shape index (κ2) is 1.40. The molecule has 0 bridgehead atoms. The highest BCUT2D eigenvalue weighted by atomic mass is 14.9. The molecule has 0 heteroatoms. The molecule has 0 aromatic rings. The average molecular weight is 162 g/mol. The van der Waals surface area contributed by atoms with Crippen LogP contribution >= 0.6 is 0 Å². The van der Waals surface area contributed by atoms with Crippen LogP contribution in [0, 0.1) is 34.5 Å². The lowest BCUT2D eigenvalue weighted by Crippen LogP contribution is -1.90. The summed E-state index contributed by atoms with van der Waals surface area (Å²) in [5, 5.41) is 0. The van der Waals surface area contributed by atoms with Crippen LogP contribution in [0.4, 0.5) is 0 Å². The topological polar surface area (TPSA) is 0 Å². The van der Waals surface area contributed by atoms with E-state index in [4.69, 9.17) is 0 Å². The van der Waals surface area contributed by atoms with Gasteiger partial charge >= 0.3 is 0 Å². The van der Waals surface area contributed by atoms with E-state index in [1.807, 2.05) is 0 Å². The summed E-state index contributed by atoms with van der Waals surface area (Å²) in [6.07, 6.45) is 6.42. The van der Waals surface area contributed by atoms with Gasteiger partial charge in [0, 0.05) is 0 Å². The fourth-order valence-corrected chi connectivity index (χ4v) is 4.53. The van der Waals surface area contributed by atoms with Crippen molar-refractivity contribution in [3.05, 3.63) is 0 Å². The smallest absolute Gasteiger partial charge is 0.0198 e. The second-order valence-electron chi connectivity index (χ2n) is 6.28. The Morgan fingerprint density at radius 1 is 1.08 bits per heavy atom. The van der Waals surface area contributed by atoms with Crippen molar-refractivity contribution in [2.45, 2.75) is 39.5 Å². The zero-order chi connectivity index (χ0) is 8.14. The van der Waals surface area contributed by atoms with Gasteiger partial charge in [0.2, 0.25) is 0 Å². The van der Waals surface area contributed by atoms with E-state index in [2.05, 4.69) is 13.8 Å². The van der Waals surface area contributed by atoms with E-state index in [-0.39, 0.29) is 0 Å². The Kier molecular flexibility index (Phi) is 0.755. The molecule has 4 aliphatic carbocycles. The van der Waals surface area contributed by atoms with Crippen LogP contribution in [0.25, 0.3) is 0 Å². The second-order valence-corrected chi connectivity index (χ2v) is 6.28. The summed E-state index contributed by atoms with van der Waals surface area (Å²) in [7, 11) is 0. The molecule has 0 aromatic heterocycles. The van der Waals surface area contributed by atoms with Gasteiger partial charge in [-0.25, -0.2) is 0 Å². The average Bonchev–Trinajstić information content (AvgIpc) is 2.75. The Morgan fingerprint density at radius 3 is 2.17 bits per heavy atom. The maximum absolute atomic E-state index is 2.47. The molecule has 6 atom stereocenters. The molecular weight excluding hydrogens is 144 g/mol. The zero-order valence-corrected chi connectivity index (χ0v) is 8.14. The number of hydrogen-bond donors (Lipinski definition) is 0. The molecule has 0 saturated heterocycles. The highest BCUT2D eigenvalue weighted by Gasteiger charge is 2.88. The first-order valence-corrected chi connectivity index (χ1v) is 5.70. The van der Waals surface area contributed by atoms with Crippen molar-refractivity contribution in [2.24, 2.45) is 34.5 Å². The Bertz CT molecular complexity index is 269. The molecule has 12 heavy (non-hydrogen) atoms. The van der Waals surface area contributed by atoms with Crippen molar-refractivity contribution >= 4 is 0 Å². The first kappa shape index (κ1) is 6.45. The highest BCUT2D eigenvalue weighted by molar-refractivity contribution is 5.36. The normalized spacial score (nSPS) is 76.5. The van der Waals surface area contributed by atoms with E-state index in [1.54, 1.807) is 25.7 Å². The van der Waals surface area contributed by atoms with Crippen LogP contribution in [0.1, 0.15) is 39.5 Å². The van der Waals surface area contributed by atoms with Crippen LogP contribution in [0.5, 0.6) is 0 Å². The fourth-order valence-electron chi connectivity index (χ4n) is 4.53. The van der Waals surface area contributed by atoms with E-state index >= 15 is 0 Å². The minimum absolute atomic E-state index is 0.944. The summed E-state index contributed by atoms with van der Waals surface area (Å²) in [5.41, 5.74) is 1.90. The molecule has 4 fully saturated rings. The van der Waals surface area contributed by atoms with Gasteiger partial charge in [-0.2, -0.15) is 0 Å². The summed E-state index contributed by atoms with van der Waals surface area (Å²) >= 11 is 0. The maximum atomic E-state index is 2.47. The fraction of sp³-hybridized carbons (Fsp3) is 1.00. The molecule has 0 radical (unpaired) electrons. The minimum atomic E-state index is 0.944. The molecule has 6 unspecified atom stereocenters. The van der Waals surface area contributed by atoms with E-state index < -0.39 is 0 Å². The largest absolute Gasteiger partial charge is 0.0622 e. The van der Waals surface area contributed by atoms with Crippen molar-refractivity contribution in [3.63, 3.8) is 0 Å². The number of fused-ring (bicyclic) bond motifs is 1. The van der Waals surface area contributed by atoms with Gasteiger partial charge in [-0.3, -0.25) is 0 Å². The third-order valence-corrected chi connectivity index (χ3v) is 5.77. The molecule has 0 aromatic carbocycles. The molecule has 4 rings (SSSR count). The van der Waals surface area contributed by atoms with Crippen LogP contribution in [0.3, 0.4) is 0 Å². The molecule has 0 N–H and O–H groups in total. The van der Waals surface area contributed by atoms with Crippen LogP contribution in [-0.4, -0.2) is 0 Å². The van der Waals surface area contributed by atoms with E-state index in [0.29, 0.717) is 0 Å². The van der Waals surface area contributed by atoms with Crippen LogP contribution in [0.2, 0.25) is 0 Å². The van der Waals surface area contributed by atoms with Gasteiger partial charge in [-0.15, -0.1) is 0 Å². The van der Waals surface area contributed by atoms with Gasteiger partial charge in [-0.05, 0) is 60.2 Å². The maximum Gasteiger partial charge on any atom is -0.0198 e. The van der Waals surface area contributed by atoms with Gasteiger partial charge < -0.3 is 0 Å². The number of hydrogen-bond acceptors (Lipinski definition) is 0. The first-order chi connectivity index (χ1) is 5.70. The molecule has 0 nitrogen and oxygen atoms in total. The molecule has 4 saturated carbocycles. The Hall–Kier alpha value is 0. The van der Waals surface area contributed by atoms with E-state index in [1.165, 1.54) is 11.8 Å². The quantitative estimate of drug-likeness (QED) is 0.556. The van der Waals surface area contributed by atoms with Crippen molar-refractivity contribution < 1.29 is 0 Å². The minimum Gasteiger partial charge on any atom is -0.0622 e. The van der Waals surface area contributed by atoms with E-state index in [0.717, 1.165) is 22.7 Å². The summed E-state index contributed by atoms with van der Waals surface area (Å²) in [4.78, 5) is 0. The predicted octanol–water partition coefficient (Wildman–Crippen LogP) is 3.08. The molecule has 4 aliphatic rings. The molecular formula is C12H18. The summed E-state index contributed by atoms with van der Waals surface area (Å²) < 4.78 is 0. The first-order valence-electron chi connectivity index (χ1n) is 5.70. The molecule has 2 spiro atoms. The zero-order valence-electron chi connectivity index (χ0n) is 8.14. The lowest BCUT2D eigenvalue weighted by molar-refractivity contribution is 0.534. The number of rotatable bonds is 1. The van der Waals surface area contributed by atoms with Crippen LogP contribution in [0.15, 0.2) is 0 Å².